The first-order valence-corrected chi connectivity index (χ1v) is 6.86. The standard InChI is InChI=1S/C13H24ClNO2/c1-5-11(14)12(16)15-7-10(8-17-6-2)13(3,4)9-15/h10-11H,5-9H2,1-4H3/t10-,11-/m1/s1. The number of nitrogens with zero attached hydrogens (tertiary/aromatic N) is 1. The number of hydrogen-bond donors (Lipinski definition) is 0. The predicted molar refractivity (Wildman–Crippen MR) is 70.3 cm³/mol. The fourth-order valence-corrected chi connectivity index (χ4v) is 2.42. The molecule has 4 heteroatoms. The Bertz CT molecular complexity index is 268. The maximum absolute atomic E-state index is 12.0. The number of alkyl halides is 1. The Balaban J connectivity index is 2.60. The zero-order chi connectivity index (χ0) is 13.1. The van der Waals surface area contributed by atoms with E-state index in [2.05, 4.69) is 13.8 Å². The fraction of sp³-hybridized carbons (Fsp3) is 0.923. The summed E-state index contributed by atoms with van der Waals surface area (Å²) in [4.78, 5) is 13.9. The Morgan fingerprint density at radius 2 is 2.18 bits per heavy atom. The summed E-state index contributed by atoms with van der Waals surface area (Å²) < 4.78 is 5.50. The molecule has 1 rings (SSSR count). The van der Waals surface area contributed by atoms with Crippen LogP contribution in [0.15, 0.2) is 0 Å². The molecule has 0 aliphatic carbocycles. The molecule has 1 aliphatic heterocycles. The molecule has 1 fully saturated rings. The largest absolute Gasteiger partial charge is 0.381 e. The maximum Gasteiger partial charge on any atom is 0.240 e. The van der Waals surface area contributed by atoms with Crippen molar-refractivity contribution in [2.45, 2.75) is 39.5 Å². The second-order valence-corrected chi connectivity index (χ2v) is 5.97. The highest BCUT2D eigenvalue weighted by atomic mass is 35.5. The second kappa shape index (κ2) is 6.05. The molecule has 1 saturated heterocycles. The van der Waals surface area contributed by atoms with Crippen molar-refractivity contribution in [1.82, 2.24) is 4.90 Å². The third-order valence-electron chi connectivity index (χ3n) is 3.61. The summed E-state index contributed by atoms with van der Waals surface area (Å²) in [7, 11) is 0. The smallest absolute Gasteiger partial charge is 0.240 e. The van der Waals surface area contributed by atoms with Crippen LogP contribution in [0.1, 0.15) is 34.1 Å². The van der Waals surface area contributed by atoms with Gasteiger partial charge in [-0.15, -0.1) is 11.6 Å². The molecule has 0 spiro atoms. The first-order chi connectivity index (χ1) is 7.92. The van der Waals surface area contributed by atoms with Gasteiger partial charge in [0.05, 0.1) is 6.61 Å². The van der Waals surface area contributed by atoms with Crippen LogP contribution < -0.4 is 0 Å². The number of halogens is 1. The van der Waals surface area contributed by atoms with Crippen molar-refractivity contribution in [2.24, 2.45) is 11.3 Å². The van der Waals surface area contributed by atoms with E-state index in [0.29, 0.717) is 12.3 Å². The lowest BCUT2D eigenvalue weighted by Crippen LogP contribution is -2.35. The summed E-state index contributed by atoms with van der Waals surface area (Å²) in [5, 5.41) is -0.378. The van der Waals surface area contributed by atoms with E-state index in [0.717, 1.165) is 26.3 Å². The normalized spacial score (nSPS) is 25.0. The average molecular weight is 262 g/mol. The Morgan fingerprint density at radius 3 is 2.71 bits per heavy atom. The Morgan fingerprint density at radius 1 is 1.53 bits per heavy atom. The van der Waals surface area contributed by atoms with Gasteiger partial charge >= 0.3 is 0 Å². The lowest BCUT2D eigenvalue weighted by atomic mass is 9.83. The minimum absolute atomic E-state index is 0.0706. The van der Waals surface area contributed by atoms with Crippen LogP contribution in [-0.4, -0.2) is 42.5 Å². The minimum Gasteiger partial charge on any atom is -0.381 e. The molecule has 0 radical (unpaired) electrons. The van der Waals surface area contributed by atoms with Crippen molar-refractivity contribution >= 4 is 17.5 Å². The first kappa shape index (κ1) is 14.8. The molecule has 3 nitrogen and oxygen atoms in total. The van der Waals surface area contributed by atoms with Gasteiger partial charge in [-0.05, 0) is 18.8 Å². The number of amides is 1. The summed E-state index contributed by atoms with van der Waals surface area (Å²) in [6.45, 7) is 11.3. The van der Waals surface area contributed by atoms with E-state index in [1.54, 1.807) is 0 Å². The summed E-state index contributed by atoms with van der Waals surface area (Å²) in [6.07, 6.45) is 0.688. The zero-order valence-electron chi connectivity index (χ0n) is 11.3. The SMILES string of the molecule is CCOC[C@H]1CN(C(=O)[C@H](Cl)CC)CC1(C)C. The quantitative estimate of drug-likeness (QED) is 0.712. The molecule has 0 saturated carbocycles. The van der Waals surface area contributed by atoms with Crippen molar-refractivity contribution in [3.8, 4) is 0 Å². The third-order valence-corrected chi connectivity index (χ3v) is 4.10. The van der Waals surface area contributed by atoms with Crippen LogP contribution in [0, 0.1) is 11.3 Å². The highest BCUT2D eigenvalue weighted by Crippen LogP contribution is 2.36. The van der Waals surface area contributed by atoms with Crippen LogP contribution in [0.2, 0.25) is 0 Å². The van der Waals surface area contributed by atoms with Crippen LogP contribution in [0.5, 0.6) is 0 Å². The van der Waals surface area contributed by atoms with Crippen LogP contribution in [0.3, 0.4) is 0 Å². The van der Waals surface area contributed by atoms with Crippen molar-refractivity contribution in [3.05, 3.63) is 0 Å². The molecular formula is C13H24ClNO2. The van der Waals surface area contributed by atoms with E-state index in [4.69, 9.17) is 16.3 Å². The van der Waals surface area contributed by atoms with Gasteiger partial charge in [0, 0.05) is 25.6 Å². The second-order valence-electron chi connectivity index (χ2n) is 5.44. The molecule has 2 atom stereocenters. The molecule has 0 aromatic heterocycles. The van der Waals surface area contributed by atoms with E-state index in [9.17, 15) is 4.79 Å². The molecule has 1 heterocycles. The predicted octanol–water partition coefficient (Wildman–Crippen LogP) is 2.52. The van der Waals surface area contributed by atoms with Gasteiger partial charge in [0.1, 0.15) is 5.38 Å². The number of carbonyl (C=O) groups excluding carboxylic acids is 1. The number of hydrogen-bond acceptors (Lipinski definition) is 2. The molecule has 0 N–H and O–H groups in total. The van der Waals surface area contributed by atoms with E-state index in [-0.39, 0.29) is 16.7 Å². The Hall–Kier alpha value is -0.280. The van der Waals surface area contributed by atoms with Crippen LogP contribution in [0.25, 0.3) is 0 Å². The van der Waals surface area contributed by atoms with Crippen molar-refractivity contribution < 1.29 is 9.53 Å². The molecule has 0 aromatic rings. The summed E-state index contributed by atoms with van der Waals surface area (Å²) >= 11 is 6.02. The van der Waals surface area contributed by atoms with Gasteiger partial charge in [0.2, 0.25) is 5.91 Å². The average Bonchev–Trinajstić information content (AvgIpc) is 2.59. The number of carbonyl (C=O) groups is 1. The van der Waals surface area contributed by atoms with Gasteiger partial charge in [-0.2, -0.15) is 0 Å². The molecular weight excluding hydrogens is 238 g/mol. The zero-order valence-corrected chi connectivity index (χ0v) is 12.1. The van der Waals surface area contributed by atoms with E-state index >= 15 is 0 Å². The number of likely N-dealkylation sites (tertiary alicyclic amines) is 1. The molecule has 100 valence electrons. The minimum atomic E-state index is -0.378. The third kappa shape index (κ3) is 3.59. The van der Waals surface area contributed by atoms with Gasteiger partial charge in [0.15, 0.2) is 0 Å². The topological polar surface area (TPSA) is 29.5 Å². The van der Waals surface area contributed by atoms with Crippen LogP contribution in [0.4, 0.5) is 0 Å². The van der Waals surface area contributed by atoms with E-state index in [1.165, 1.54) is 0 Å². The fourth-order valence-electron chi connectivity index (χ4n) is 2.28. The molecule has 1 aliphatic rings. The van der Waals surface area contributed by atoms with Crippen LogP contribution >= 0.6 is 11.6 Å². The van der Waals surface area contributed by atoms with Gasteiger partial charge < -0.3 is 9.64 Å². The highest BCUT2D eigenvalue weighted by Gasteiger charge is 2.42. The van der Waals surface area contributed by atoms with Gasteiger partial charge in [0.25, 0.3) is 0 Å². The highest BCUT2D eigenvalue weighted by molar-refractivity contribution is 6.30. The Labute approximate surface area is 109 Å². The lowest BCUT2D eigenvalue weighted by Gasteiger charge is -2.24. The molecule has 0 aromatic carbocycles. The summed E-state index contributed by atoms with van der Waals surface area (Å²) in [6, 6.07) is 0. The molecule has 0 bridgehead atoms. The summed E-state index contributed by atoms with van der Waals surface area (Å²) in [5.74, 6) is 0.480. The molecule has 17 heavy (non-hydrogen) atoms. The van der Waals surface area contributed by atoms with Gasteiger partial charge in [-0.1, -0.05) is 20.8 Å². The van der Waals surface area contributed by atoms with E-state index < -0.39 is 0 Å². The lowest BCUT2D eigenvalue weighted by molar-refractivity contribution is -0.130. The van der Waals surface area contributed by atoms with Gasteiger partial charge in [-0.3, -0.25) is 4.79 Å². The molecule has 1 amide bonds. The number of ether oxygens (including phenoxy) is 1. The first-order valence-electron chi connectivity index (χ1n) is 6.43. The maximum atomic E-state index is 12.0. The molecule has 0 unspecified atom stereocenters. The van der Waals surface area contributed by atoms with Gasteiger partial charge in [-0.25, -0.2) is 0 Å². The van der Waals surface area contributed by atoms with Crippen LogP contribution in [-0.2, 0) is 9.53 Å². The van der Waals surface area contributed by atoms with Crippen molar-refractivity contribution in [3.63, 3.8) is 0 Å². The summed E-state index contributed by atoms with van der Waals surface area (Å²) in [5.41, 5.74) is 0.120. The van der Waals surface area contributed by atoms with E-state index in [1.807, 2.05) is 18.7 Å². The van der Waals surface area contributed by atoms with Crippen molar-refractivity contribution in [1.29, 1.82) is 0 Å². The van der Waals surface area contributed by atoms with Crippen molar-refractivity contribution in [2.75, 3.05) is 26.3 Å². The Kier molecular flexibility index (Phi) is 5.26. The monoisotopic (exact) mass is 261 g/mol. The number of rotatable bonds is 5.